The highest BCUT2D eigenvalue weighted by molar-refractivity contribution is 6.02. The number of terminal acetylenes is 1. The van der Waals surface area contributed by atoms with E-state index in [0.717, 1.165) is 32.5 Å². The lowest BCUT2D eigenvalue weighted by Gasteiger charge is -2.39. The Morgan fingerprint density at radius 3 is 2.74 bits per heavy atom. The van der Waals surface area contributed by atoms with Crippen LogP contribution in [0.3, 0.4) is 0 Å². The summed E-state index contributed by atoms with van der Waals surface area (Å²) in [5.41, 5.74) is -0.308. The first-order chi connectivity index (χ1) is 22.6. The van der Waals surface area contributed by atoms with E-state index >= 15 is 4.39 Å². The standard InChI is InChI=1S/C36H34F4N6O/c1-3-22-24(37)9-8-21-6-4-7-23(27(21)22)30-29(38)31-28-25(42-30)14-20(2)26-15-41-11-13-46(26)32(28)44-33(43-31)47-19-35-10-5-12-45(35)18-34(16-35)17-36(34,39)40/h1,4,6-9,20,26,41H,5,10-19H2,2H3/t20-,26+,34-,35-/m0/s1. The van der Waals surface area contributed by atoms with Gasteiger partial charge in [-0.15, -0.1) is 6.42 Å². The number of anilines is 1. The Hall–Kier alpha value is -4.01. The minimum Gasteiger partial charge on any atom is -0.461 e. The summed E-state index contributed by atoms with van der Waals surface area (Å²) in [6.45, 7) is 5.55. The molecule has 1 N–H and O–H groups in total. The number of benzene rings is 2. The van der Waals surface area contributed by atoms with Gasteiger partial charge in [0, 0.05) is 49.6 Å². The highest BCUT2D eigenvalue weighted by Gasteiger charge is 2.77. The molecule has 2 aromatic heterocycles. The third-order valence-corrected chi connectivity index (χ3v) is 11.5. The fraction of sp³-hybridized carbons (Fsp3) is 0.472. The smallest absolute Gasteiger partial charge is 0.319 e. The van der Waals surface area contributed by atoms with Crippen LogP contribution in [0, 0.1) is 35.3 Å². The largest absolute Gasteiger partial charge is 0.461 e. The van der Waals surface area contributed by atoms with Crippen LogP contribution in [0.25, 0.3) is 32.9 Å². The average molecular weight is 643 g/mol. The zero-order chi connectivity index (χ0) is 32.3. The molecule has 9 rings (SSSR count). The van der Waals surface area contributed by atoms with E-state index in [0.29, 0.717) is 59.2 Å². The summed E-state index contributed by atoms with van der Waals surface area (Å²) in [5.74, 6) is -0.718. The number of alkyl halides is 2. The molecule has 1 aliphatic carbocycles. The number of nitrogens with one attached hydrogen (secondary N) is 1. The van der Waals surface area contributed by atoms with Crippen molar-refractivity contribution in [3.8, 4) is 29.6 Å². The molecular weight excluding hydrogens is 608 g/mol. The van der Waals surface area contributed by atoms with Crippen molar-refractivity contribution < 1.29 is 22.3 Å². The number of rotatable bonds is 4. The van der Waals surface area contributed by atoms with Crippen LogP contribution >= 0.6 is 0 Å². The SMILES string of the molecule is C#Cc1c(F)ccc2cccc(-c3nc4c5c(nc(OC[C@@]67CCCN6C[C@@]6(CC6(F)F)C7)nc5c3F)N3CCNC[C@@H]3[C@@H](C)C4)c12. The molecule has 5 aliphatic rings. The zero-order valence-electron chi connectivity index (χ0n) is 26.1. The molecule has 4 atom stereocenters. The molecule has 11 heteroatoms. The third kappa shape index (κ3) is 4.16. The quantitative estimate of drug-likeness (QED) is 0.226. The van der Waals surface area contributed by atoms with Crippen molar-refractivity contribution in [1.29, 1.82) is 0 Å². The van der Waals surface area contributed by atoms with Crippen LogP contribution < -0.4 is 15.0 Å². The Kier molecular flexibility index (Phi) is 6.20. The van der Waals surface area contributed by atoms with Crippen molar-refractivity contribution in [2.24, 2.45) is 11.3 Å². The van der Waals surface area contributed by atoms with Gasteiger partial charge in [-0.05, 0) is 49.6 Å². The predicted octanol–water partition coefficient (Wildman–Crippen LogP) is 5.72. The number of pyridine rings is 1. The molecule has 242 valence electrons. The number of piperazine rings is 1. The van der Waals surface area contributed by atoms with Crippen molar-refractivity contribution in [1.82, 2.24) is 25.2 Å². The summed E-state index contributed by atoms with van der Waals surface area (Å²) in [5, 5.41) is 5.10. The highest BCUT2D eigenvalue weighted by atomic mass is 19.3. The normalized spacial score (nSPS) is 29.1. The van der Waals surface area contributed by atoms with Crippen LogP contribution in [-0.4, -0.2) is 76.7 Å². The second kappa shape index (κ2) is 10.0. The van der Waals surface area contributed by atoms with Gasteiger partial charge in [-0.3, -0.25) is 4.90 Å². The molecule has 1 spiro atoms. The number of hydrogen-bond donors (Lipinski definition) is 1. The molecular formula is C36H34F4N6O. The third-order valence-electron chi connectivity index (χ3n) is 11.5. The van der Waals surface area contributed by atoms with Gasteiger partial charge in [-0.2, -0.15) is 9.97 Å². The van der Waals surface area contributed by atoms with Crippen LogP contribution in [-0.2, 0) is 6.42 Å². The molecule has 7 nitrogen and oxygen atoms in total. The van der Waals surface area contributed by atoms with Gasteiger partial charge in [-0.25, -0.2) is 22.5 Å². The molecule has 6 heterocycles. The van der Waals surface area contributed by atoms with E-state index in [2.05, 4.69) is 32.9 Å². The minimum atomic E-state index is -2.65. The Labute approximate surface area is 269 Å². The lowest BCUT2D eigenvalue weighted by molar-refractivity contribution is 0.0647. The topological polar surface area (TPSA) is 66.4 Å². The second-order valence-corrected chi connectivity index (χ2v) is 14.3. The van der Waals surface area contributed by atoms with Gasteiger partial charge >= 0.3 is 6.01 Å². The maximum atomic E-state index is 17.0. The summed E-state index contributed by atoms with van der Waals surface area (Å²) in [4.78, 5) is 18.9. The number of hydrogen-bond acceptors (Lipinski definition) is 7. The van der Waals surface area contributed by atoms with Crippen molar-refractivity contribution in [2.75, 3.05) is 44.2 Å². The molecule has 3 saturated heterocycles. The van der Waals surface area contributed by atoms with Gasteiger partial charge in [0.1, 0.15) is 29.5 Å². The van der Waals surface area contributed by atoms with Gasteiger partial charge in [0.15, 0.2) is 5.82 Å². The van der Waals surface area contributed by atoms with Gasteiger partial charge < -0.3 is 15.0 Å². The molecule has 4 aromatic rings. The monoisotopic (exact) mass is 642 g/mol. The van der Waals surface area contributed by atoms with Crippen molar-refractivity contribution in [2.45, 2.75) is 56.5 Å². The Morgan fingerprint density at radius 1 is 1.09 bits per heavy atom. The van der Waals surface area contributed by atoms with Crippen molar-refractivity contribution in [3.05, 3.63) is 53.2 Å². The molecule has 47 heavy (non-hydrogen) atoms. The van der Waals surface area contributed by atoms with E-state index in [-0.39, 0.29) is 47.8 Å². The first-order valence-electron chi connectivity index (χ1n) is 16.5. The Morgan fingerprint density at radius 2 is 1.94 bits per heavy atom. The molecule has 0 bridgehead atoms. The molecule has 2 aromatic carbocycles. The first kappa shape index (κ1) is 29.2. The highest BCUT2D eigenvalue weighted by Crippen LogP contribution is 2.69. The maximum absolute atomic E-state index is 17.0. The van der Waals surface area contributed by atoms with Crippen molar-refractivity contribution >= 4 is 27.5 Å². The van der Waals surface area contributed by atoms with Gasteiger partial charge in [-0.1, -0.05) is 37.1 Å². The summed E-state index contributed by atoms with van der Waals surface area (Å²) < 4.78 is 67.3. The van der Waals surface area contributed by atoms with Crippen LogP contribution in [0.1, 0.15) is 43.9 Å². The molecule has 0 unspecified atom stereocenters. The van der Waals surface area contributed by atoms with E-state index in [1.165, 1.54) is 6.07 Å². The fourth-order valence-electron chi connectivity index (χ4n) is 9.08. The molecule has 1 saturated carbocycles. The molecule has 4 aliphatic heterocycles. The van der Waals surface area contributed by atoms with E-state index in [4.69, 9.17) is 21.1 Å². The molecule has 4 fully saturated rings. The van der Waals surface area contributed by atoms with Crippen LogP contribution in [0.2, 0.25) is 0 Å². The maximum Gasteiger partial charge on any atom is 0.319 e. The number of halogens is 4. The molecule has 0 radical (unpaired) electrons. The van der Waals surface area contributed by atoms with Crippen LogP contribution in [0.5, 0.6) is 6.01 Å². The summed E-state index contributed by atoms with van der Waals surface area (Å²) in [6, 6.07) is 8.32. The van der Waals surface area contributed by atoms with E-state index < -0.39 is 28.5 Å². The fourth-order valence-corrected chi connectivity index (χ4v) is 9.08. The lowest BCUT2D eigenvalue weighted by Crippen LogP contribution is -2.54. The predicted molar refractivity (Wildman–Crippen MR) is 171 cm³/mol. The van der Waals surface area contributed by atoms with Crippen LogP contribution in [0.15, 0.2) is 30.3 Å². The number of fused-ring (bicyclic) bond motifs is 4. The number of aromatic nitrogens is 3. The number of nitrogens with zero attached hydrogens (tertiary/aromatic N) is 5. The average Bonchev–Trinajstić information content (AvgIpc) is 3.27. The second-order valence-electron chi connectivity index (χ2n) is 14.3. The zero-order valence-corrected chi connectivity index (χ0v) is 26.1. The van der Waals surface area contributed by atoms with Gasteiger partial charge in [0.05, 0.1) is 27.6 Å². The van der Waals surface area contributed by atoms with Crippen molar-refractivity contribution in [3.63, 3.8) is 0 Å². The van der Waals surface area contributed by atoms with Crippen LogP contribution in [0.4, 0.5) is 23.4 Å². The first-order valence-corrected chi connectivity index (χ1v) is 16.5. The van der Waals surface area contributed by atoms with Gasteiger partial charge in [0.2, 0.25) is 0 Å². The Bertz CT molecular complexity index is 2030. The van der Waals surface area contributed by atoms with E-state index in [1.807, 2.05) is 6.07 Å². The summed E-state index contributed by atoms with van der Waals surface area (Å²) in [6.07, 6.45) is 8.27. The summed E-state index contributed by atoms with van der Waals surface area (Å²) >= 11 is 0. The van der Waals surface area contributed by atoms with E-state index in [9.17, 15) is 13.2 Å². The number of ether oxygens (including phenoxy) is 1. The summed E-state index contributed by atoms with van der Waals surface area (Å²) in [7, 11) is 0. The van der Waals surface area contributed by atoms with E-state index in [1.54, 1.807) is 18.2 Å². The minimum absolute atomic E-state index is 0.0133. The Balaban J connectivity index is 1.21. The molecule has 0 amide bonds. The van der Waals surface area contributed by atoms with Gasteiger partial charge in [0.25, 0.3) is 5.92 Å². The lowest BCUT2D eigenvalue weighted by atomic mass is 9.89.